The summed E-state index contributed by atoms with van der Waals surface area (Å²) in [6, 6.07) is 13.8. The zero-order valence-corrected chi connectivity index (χ0v) is 19.8. The lowest BCUT2D eigenvalue weighted by Crippen LogP contribution is -2.29. The molecule has 1 saturated carbocycles. The number of nitrogens with zero attached hydrogens (tertiary/aromatic N) is 2. The molecule has 176 valence electrons. The second kappa shape index (κ2) is 9.33. The summed E-state index contributed by atoms with van der Waals surface area (Å²) in [6.07, 6.45) is 3.37. The summed E-state index contributed by atoms with van der Waals surface area (Å²) in [7, 11) is 0. The van der Waals surface area contributed by atoms with Gasteiger partial charge in [0.1, 0.15) is 11.5 Å². The smallest absolute Gasteiger partial charge is 0.341 e. The van der Waals surface area contributed by atoms with Crippen molar-refractivity contribution in [2.75, 3.05) is 18.5 Å². The molecule has 1 aliphatic rings. The number of hydrogen-bond acceptors (Lipinski definition) is 5. The minimum Gasteiger partial charge on any atom is -0.494 e. The molecule has 0 bridgehead atoms. The number of fused-ring (bicyclic) bond motifs is 1. The minimum absolute atomic E-state index is 0.250. The zero-order valence-electron chi connectivity index (χ0n) is 19.8. The Labute approximate surface area is 194 Å². The normalized spacial score (nSPS) is 19.9. The number of imidazole rings is 1. The molecule has 1 aromatic heterocycles. The van der Waals surface area contributed by atoms with Crippen LogP contribution in [0.5, 0.6) is 11.5 Å². The average Bonchev–Trinajstić information content (AvgIpc) is 3.09. The summed E-state index contributed by atoms with van der Waals surface area (Å²) in [5, 5.41) is 12.4. The Kier molecular flexibility index (Phi) is 6.49. The van der Waals surface area contributed by atoms with Gasteiger partial charge < -0.3 is 24.5 Å². The van der Waals surface area contributed by atoms with Crippen LogP contribution in [-0.2, 0) is 4.79 Å². The van der Waals surface area contributed by atoms with Crippen LogP contribution in [0, 0.1) is 11.3 Å². The molecule has 7 nitrogen and oxygen atoms in total. The maximum Gasteiger partial charge on any atom is 0.341 e. The number of rotatable bonds is 8. The van der Waals surface area contributed by atoms with Gasteiger partial charge in [0.2, 0.25) is 5.95 Å². The number of aromatic nitrogens is 2. The van der Waals surface area contributed by atoms with Crippen molar-refractivity contribution in [3.05, 3.63) is 42.5 Å². The number of carbonyl (C=O) groups is 1. The van der Waals surface area contributed by atoms with Crippen LogP contribution in [0.15, 0.2) is 42.5 Å². The highest BCUT2D eigenvalue weighted by Gasteiger charge is 2.34. The summed E-state index contributed by atoms with van der Waals surface area (Å²) < 4.78 is 13.3. The Morgan fingerprint density at radius 3 is 2.55 bits per heavy atom. The van der Waals surface area contributed by atoms with Crippen molar-refractivity contribution >= 4 is 28.6 Å². The third-order valence-corrected chi connectivity index (χ3v) is 6.17. The van der Waals surface area contributed by atoms with E-state index in [0.29, 0.717) is 24.3 Å². The van der Waals surface area contributed by atoms with Crippen LogP contribution < -0.4 is 14.8 Å². The van der Waals surface area contributed by atoms with Crippen molar-refractivity contribution in [3.63, 3.8) is 0 Å². The standard InChI is InChI=1S/C26H33N3O4/c1-5-32-20-8-6-18(7-9-20)27-25-28-22-13-21(33-16-24(30)31)10-11-23(22)29(25)19-12-17(2)14-26(3,4)15-19/h6-11,13,17,19H,5,12,14-16H2,1-4H3,(H,27,28)(H,30,31). The first-order chi connectivity index (χ1) is 15.7. The maximum atomic E-state index is 10.9. The molecule has 0 radical (unpaired) electrons. The first-order valence-electron chi connectivity index (χ1n) is 11.6. The molecule has 0 spiro atoms. The topological polar surface area (TPSA) is 85.6 Å². The quantitative estimate of drug-likeness (QED) is 0.435. The first kappa shape index (κ1) is 23.0. The number of benzene rings is 2. The van der Waals surface area contributed by atoms with Crippen LogP contribution in [-0.4, -0.2) is 33.8 Å². The molecular weight excluding hydrogens is 418 g/mol. The van der Waals surface area contributed by atoms with Crippen LogP contribution in [0.1, 0.15) is 53.0 Å². The zero-order chi connectivity index (χ0) is 23.6. The van der Waals surface area contributed by atoms with Crippen LogP contribution >= 0.6 is 0 Å². The number of carboxylic acid groups (broad SMARTS) is 1. The van der Waals surface area contributed by atoms with Crippen molar-refractivity contribution in [3.8, 4) is 11.5 Å². The molecule has 0 amide bonds. The van der Waals surface area contributed by atoms with Crippen LogP contribution in [0.25, 0.3) is 11.0 Å². The lowest BCUT2D eigenvalue weighted by atomic mass is 9.70. The predicted molar refractivity (Wildman–Crippen MR) is 130 cm³/mol. The van der Waals surface area contributed by atoms with Crippen LogP contribution in [0.2, 0.25) is 0 Å². The van der Waals surface area contributed by atoms with Crippen molar-refractivity contribution in [2.45, 2.75) is 53.0 Å². The van der Waals surface area contributed by atoms with Gasteiger partial charge in [0.25, 0.3) is 0 Å². The second-order valence-corrected chi connectivity index (χ2v) is 9.79. The summed E-state index contributed by atoms with van der Waals surface area (Å²) in [6.45, 7) is 9.22. The summed E-state index contributed by atoms with van der Waals surface area (Å²) in [5.41, 5.74) is 2.98. The minimum atomic E-state index is -1.00. The Bertz CT molecular complexity index is 1120. The Hall–Kier alpha value is -3.22. The molecule has 2 aromatic carbocycles. The van der Waals surface area contributed by atoms with E-state index < -0.39 is 5.97 Å². The van der Waals surface area contributed by atoms with E-state index >= 15 is 0 Å². The fourth-order valence-electron chi connectivity index (χ4n) is 5.19. The van der Waals surface area contributed by atoms with E-state index in [1.807, 2.05) is 49.4 Å². The summed E-state index contributed by atoms with van der Waals surface area (Å²) in [4.78, 5) is 15.8. The number of carboxylic acids is 1. The Morgan fingerprint density at radius 2 is 1.88 bits per heavy atom. The number of ether oxygens (including phenoxy) is 2. The fraction of sp³-hybridized carbons (Fsp3) is 0.462. The molecule has 1 aliphatic carbocycles. The van der Waals surface area contributed by atoms with Crippen LogP contribution in [0.4, 0.5) is 11.6 Å². The third-order valence-electron chi connectivity index (χ3n) is 6.17. The Morgan fingerprint density at radius 1 is 1.15 bits per heavy atom. The molecule has 33 heavy (non-hydrogen) atoms. The maximum absolute atomic E-state index is 10.9. The molecular formula is C26H33N3O4. The Balaban J connectivity index is 1.72. The van der Waals surface area contributed by atoms with Gasteiger partial charge in [0.15, 0.2) is 6.61 Å². The number of hydrogen-bond donors (Lipinski definition) is 2. The fourth-order valence-corrected chi connectivity index (χ4v) is 5.19. The van der Waals surface area contributed by atoms with Gasteiger partial charge in [-0.05, 0) is 73.9 Å². The average molecular weight is 452 g/mol. The molecule has 3 aromatic rings. The van der Waals surface area contributed by atoms with E-state index in [0.717, 1.165) is 41.3 Å². The van der Waals surface area contributed by atoms with Crippen LogP contribution in [0.3, 0.4) is 0 Å². The van der Waals surface area contributed by atoms with E-state index in [-0.39, 0.29) is 12.0 Å². The van der Waals surface area contributed by atoms with Gasteiger partial charge in [-0.25, -0.2) is 9.78 Å². The van der Waals surface area contributed by atoms with Crippen molar-refractivity contribution < 1.29 is 19.4 Å². The highest BCUT2D eigenvalue weighted by molar-refractivity contribution is 5.81. The summed E-state index contributed by atoms with van der Waals surface area (Å²) in [5.74, 6) is 1.73. The van der Waals surface area contributed by atoms with E-state index in [1.165, 1.54) is 6.42 Å². The second-order valence-electron chi connectivity index (χ2n) is 9.79. The monoisotopic (exact) mass is 451 g/mol. The SMILES string of the molecule is CCOc1ccc(Nc2nc3cc(OCC(=O)O)ccc3n2C2CC(C)CC(C)(C)C2)cc1. The molecule has 2 unspecified atom stereocenters. The molecule has 0 aliphatic heterocycles. The van der Waals surface area contributed by atoms with E-state index in [2.05, 4.69) is 30.7 Å². The lowest BCUT2D eigenvalue weighted by molar-refractivity contribution is -0.139. The largest absolute Gasteiger partial charge is 0.494 e. The molecule has 7 heteroatoms. The lowest BCUT2D eigenvalue weighted by Gasteiger charge is -2.40. The van der Waals surface area contributed by atoms with Crippen molar-refractivity contribution in [1.82, 2.24) is 9.55 Å². The molecule has 2 atom stereocenters. The van der Waals surface area contributed by atoms with Gasteiger partial charge >= 0.3 is 5.97 Å². The molecule has 2 N–H and O–H groups in total. The van der Waals surface area contributed by atoms with Gasteiger partial charge in [-0.15, -0.1) is 0 Å². The van der Waals surface area contributed by atoms with Crippen molar-refractivity contribution in [2.24, 2.45) is 11.3 Å². The number of aliphatic carboxylic acids is 1. The highest BCUT2D eigenvalue weighted by atomic mass is 16.5. The van der Waals surface area contributed by atoms with E-state index in [4.69, 9.17) is 19.6 Å². The van der Waals surface area contributed by atoms with Gasteiger partial charge in [-0.2, -0.15) is 0 Å². The molecule has 1 heterocycles. The number of nitrogens with one attached hydrogen (secondary N) is 1. The third kappa shape index (κ3) is 5.41. The predicted octanol–water partition coefficient (Wildman–Crippen LogP) is 6.03. The van der Waals surface area contributed by atoms with Crippen molar-refractivity contribution in [1.29, 1.82) is 0 Å². The van der Waals surface area contributed by atoms with E-state index in [9.17, 15) is 4.79 Å². The molecule has 1 fully saturated rings. The molecule has 0 saturated heterocycles. The van der Waals surface area contributed by atoms with Gasteiger partial charge in [0, 0.05) is 17.8 Å². The van der Waals surface area contributed by atoms with Gasteiger partial charge in [-0.3, -0.25) is 0 Å². The molecule has 4 rings (SSSR count). The van der Waals surface area contributed by atoms with Gasteiger partial charge in [0.05, 0.1) is 17.6 Å². The number of anilines is 2. The van der Waals surface area contributed by atoms with Gasteiger partial charge in [-0.1, -0.05) is 20.8 Å². The van der Waals surface area contributed by atoms with E-state index in [1.54, 1.807) is 0 Å². The first-order valence-corrected chi connectivity index (χ1v) is 11.6. The highest BCUT2D eigenvalue weighted by Crippen LogP contribution is 2.46. The summed E-state index contributed by atoms with van der Waals surface area (Å²) >= 11 is 0.